The van der Waals surface area contributed by atoms with Gasteiger partial charge in [-0.2, -0.15) is 0 Å². The van der Waals surface area contributed by atoms with E-state index in [1.54, 1.807) is 14.1 Å². The van der Waals surface area contributed by atoms with Crippen LogP contribution in [0.25, 0.3) is 0 Å². The number of carbonyl (C=O) groups is 2. The third-order valence-corrected chi connectivity index (χ3v) is 4.41. The van der Waals surface area contributed by atoms with Gasteiger partial charge in [-0.15, -0.1) is 0 Å². The summed E-state index contributed by atoms with van der Waals surface area (Å²) in [5.41, 5.74) is 2.64. The minimum atomic E-state index is -0.728. The molecule has 1 aliphatic rings. The van der Waals surface area contributed by atoms with Crippen molar-refractivity contribution in [2.75, 3.05) is 14.1 Å². The van der Waals surface area contributed by atoms with E-state index in [2.05, 4.69) is 10.5 Å². The molecule has 1 heterocycles. The van der Waals surface area contributed by atoms with Gasteiger partial charge in [0.25, 0.3) is 5.91 Å². The lowest BCUT2D eigenvalue weighted by Gasteiger charge is -2.23. The van der Waals surface area contributed by atoms with Crippen LogP contribution in [0.2, 0.25) is 0 Å². The van der Waals surface area contributed by atoms with Gasteiger partial charge in [-0.3, -0.25) is 9.59 Å². The molecule has 2 amide bonds. The topological polar surface area (TPSA) is 71.0 Å². The molecule has 6 heteroatoms. The lowest BCUT2D eigenvalue weighted by molar-refractivity contribution is -0.138. The predicted molar refractivity (Wildman–Crippen MR) is 103 cm³/mol. The number of amides is 2. The summed E-state index contributed by atoms with van der Waals surface area (Å²) in [7, 11) is 3.35. The SMILES string of the molecule is CN(C)C(=O)C(Cc1ccccc1)NC(=O)C1CC(c2ccccc2)=NO1. The summed E-state index contributed by atoms with van der Waals surface area (Å²) in [6.07, 6.45) is 0.0701. The number of likely N-dealkylation sites (N-methyl/N-ethyl adjacent to an activating group) is 1. The Hall–Kier alpha value is -3.15. The Morgan fingerprint density at radius 3 is 2.37 bits per heavy atom. The van der Waals surface area contributed by atoms with Crippen molar-refractivity contribution < 1.29 is 14.4 Å². The third-order valence-electron chi connectivity index (χ3n) is 4.41. The fourth-order valence-corrected chi connectivity index (χ4v) is 2.95. The second kappa shape index (κ2) is 8.49. The van der Waals surface area contributed by atoms with E-state index in [1.165, 1.54) is 4.90 Å². The van der Waals surface area contributed by atoms with Crippen LogP contribution in [0.1, 0.15) is 17.5 Å². The van der Waals surface area contributed by atoms with Crippen LogP contribution in [-0.2, 0) is 20.8 Å². The molecule has 3 rings (SSSR count). The normalized spacial score (nSPS) is 16.8. The van der Waals surface area contributed by atoms with Gasteiger partial charge < -0.3 is 15.1 Å². The molecule has 2 aromatic rings. The molecule has 2 aromatic carbocycles. The smallest absolute Gasteiger partial charge is 0.265 e. The van der Waals surface area contributed by atoms with E-state index < -0.39 is 12.1 Å². The molecule has 140 valence electrons. The quantitative estimate of drug-likeness (QED) is 0.851. The van der Waals surface area contributed by atoms with Gasteiger partial charge in [0.2, 0.25) is 12.0 Å². The van der Waals surface area contributed by atoms with E-state index in [4.69, 9.17) is 4.84 Å². The second-order valence-corrected chi connectivity index (χ2v) is 6.69. The Kier molecular flexibility index (Phi) is 5.86. The van der Waals surface area contributed by atoms with Gasteiger partial charge >= 0.3 is 0 Å². The zero-order chi connectivity index (χ0) is 19.2. The number of nitrogens with zero attached hydrogens (tertiary/aromatic N) is 2. The molecule has 2 unspecified atom stereocenters. The van der Waals surface area contributed by atoms with E-state index in [-0.39, 0.29) is 11.8 Å². The largest absolute Gasteiger partial charge is 0.382 e. The van der Waals surface area contributed by atoms with Crippen molar-refractivity contribution in [1.29, 1.82) is 0 Å². The van der Waals surface area contributed by atoms with Crippen LogP contribution in [0.15, 0.2) is 65.8 Å². The molecule has 27 heavy (non-hydrogen) atoms. The van der Waals surface area contributed by atoms with Gasteiger partial charge in [-0.05, 0) is 11.1 Å². The van der Waals surface area contributed by atoms with Gasteiger partial charge in [0.1, 0.15) is 6.04 Å². The maximum absolute atomic E-state index is 12.7. The highest BCUT2D eigenvalue weighted by Crippen LogP contribution is 2.17. The summed E-state index contributed by atoms with van der Waals surface area (Å²) in [5, 5.41) is 6.87. The number of hydrogen-bond acceptors (Lipinski definition) is 4. The summed E-state index contributed by atoms with van der Waals surface area (Å²) in [4.78, 5) is 32.0. The Balaban J connectivity index is 1.65. The molecule has 2 atom stereocenters. The maximum atomic E-state index is 12.7. The van der Waals surface area contributed by atoms with Gasteiger partial charge in [0.15, 0.2) is 0 Å². The molecule has 0 spiro atoms. The average Bonchev–Trinajstić information content (AvgIpc) is 3.18. The van der Waals surface area contributed by atoms with Crippen LogP contribution in [0.4, 0.5) is 0 Å². The first-order valence-electron chi connectivity index (χ1n) is 8.88. The number of hydrogen-bond donors (Lipinski definition) is 1. The molecule has 0 bridgehead atoms. The maximum Gasteiger partial charge on any atom is 0.265 e. The monoisotopic (exact) mass is 365 g/mol. The van der Waals surface area contributed by atoms with Crippen molar-refractivity contribution in [3.63, 3.8) is 0 Å². The average molecular weight is 365 g/mol. The Morgan fingerprint density at radius 1 is 1.11 bits per heavy atom. The molecule has 6 nitrogen and oxygen atoms in total. The first-order valence-corrected chi connectivity index (χ1v) is 8.88. The highest BCUT2D eigenvalue weighted by atomic mass is 16.6. The lowest BCUT2D eigenvalue weighted by atomic mass is 10.0. The first-order chi connectivity index (χ1) is 13.0. The number of rotatable bonds is 6. The van der Waals surface area contributed by atoms with Crippen molar-refractivity contribution >= 4 is 17.5 Å². The summed E-state index contributed by atoms with van der Waals surface area (Å²) in [6.45, 7) is 0. The summed E-state index contributed by atoms with van der Waals surface area (Å²) < 4.78 is 0. The molecule has 1 aliphatic heterocycles. The Bertz CT molecular complexity index is 819. The molecule has 1 N–H and O–H groups in total. The van der Waals surface area contributed by atoms with Crippen molar-refractivity contribution in [2.24, 2.45) is 5.16 Å². The molecule has 0 saturated heterocycles. The fourth-order valence-electron chi connectivity index (χ4n) is 2.95. The van der Waals surface area contributed by atoms with E-state index >= 15 is 0 Å². The van der Waals surface area contributed by atoms with Crippen LogP contribution >= 0.6 is 0 Å². The van der Waals surface area contributed by atoms with Gasteiger partial charge in [0.05, 0.1) is 5.71 Å². The molecule has 0 aliphatic carbocycles. The first kappa shape index (κ1) is 18.6. The minimum absolute atomic E-state index is 0.158. The van der Waals surface area contributed by atoms with E-state index in [0.29, 0.717) is 12.8 Å². The van der Waals surface area contributed by atoms with Crippen LogP contribution in [0.5, 0.6) is 0 Å². The standard InChI is InChI=1S/C21H23N3O3/c1-24(2)21(26)18(13-15-9-5-3-6-10-15)22-20(25)19-14-17(23-27-19)16-11-7-4-8-12-16/h3-12,18-19H,13-14H2,1-2H3,(H,22,25). The third kappa shape index (κ3) is 4.73. The van der Waals surface area contributed by atoms with E-state index in [1.807, 2.05) is 60.7 Å². The predicted octanol–water partition coefficient (Wildman–Crippen LogP) is 2.00. The van der Waals surface area contributed by atoms with Crippen LogP contribution in [-0.4, -0.2) is 48.7 Å². The van der Waals surface area contributed by atoms with Gasteiger partial charge in [-0.25, -0.2) is 0 Å². The Labute approximate surface area is 158 Å². The van der Waals surface area contributed by atoms with Gasteiger partial charge in [0, 0.05) is 26.9 Å². The molecular weight excluding hydrogens is 342 g/mol. The zero-order valence-corrected chi connectivity index (χ0v) is 15.5. The molecule has 0 aromatic heterocycles. The second-order valence-electron chi connectivity index (χ2n) is 6.69. The van der Waals surface area contributed by atoms with Crippen LogP contribution < -0.4 is 5.32 Å². The highest BCUT2D eigenvalue weighted by Gasteiger charge is 2.32. The lowest BCUT2D eigenvalue weighted by Crippen LogP contribution is -2.50. The molecule has 0 radical (unpaired) electrons. The molecule has 0 saturated carbocycles. The van der Waals surface area contributed by atoms with Crippen LogP contribution in [0, 0.1) is 0 Å². The number of benzene rings is 2. The fraction of sp³-hybridized carbons (Fsp3) is 0.286. The number of carbonyl (C=O) groups excluding carboxylic acids is 2. The summed E-state index contributed by atoms with van der Waals surface area (Å²) in [5.74, 6) is -0.491. The van der Waals surface area contributed by atoms with E-state index in [9.17, 15) is 9.59 Å². The summed E-state index contributed by atoms with van der Waals surface area (Å²) >= 11 is 0. The van der Waals surface area contributed by atoms with Crippen molar-refractivity contribution in [2.45, 2.75) is 25.0 Å². The zero-order valence-electron chi connectivity index (χ0n) is 15.5. The number of oxime groups is 1. The minimum Gasteiger partial charge on any atom is -0.382 e. The Morgan fingerprint density at radius 2 is 1.74 bits per heavy atom. The van der Waals surface area contributed by atoms with Crippen molar-refractivity contribution in [1.82, 2.24) is 10.2 Å². The molecule has 0 fully saturated rings. The molecular formula is C21H23N3O3. The highest BCUT2D eigenvalue weighted by molar-refractivity contribution is 6.04. The summed E-state index contributed by atoms with van der Waals surface area (Å²) in [6, 6.07) is 18.6. The van der Waals surface area contributed by atoms with Gasteiger partial charge in [-0.1, -0.05) is 65.8 Å². The van der Waals surface area contributed by atoms with Crippen LogP contribution in [0.3, 0.4) is 0 Å². The van der Waals surface area contributed by atoms with E-state index in [0.717, 1.165) is 16.8 Å². The number of nitrogens with one attached hydrogen (secondary N) is 1. The van der Waals surface area contributed by atoms with Crippen molar-refractivity contribution in [3.8, 4) is 0 Å². The van der Waals surface area contributed by atoms with Crippen molar-refractivity contribution in [3.05, 3.63) is 71.8 Å².